The van der Waals surface area contributed by atoms with Gasteiger partial charge >= 0.3 is 0 Å². The number of methoxy groups -OCH3 is 1. The van der Waals surface area contributed by atoms with Crippen molar-refractivity contribution in [2.75, 3.05) is 13.7 Å². The van der Waals surface area contributed by atoms with Gasteiger partial charge in [-0.25, -0.2) is 0 Å². The van der Waals surface area contributed by atoms with Crippen LogP contribution in [-0.4, -0.2) is 13.7 Å². The van der Waals surface area contributed by atoms with Crippen LogP contribution in [0.3, 0.4) is 0 Å². The van der Waals surface area contributed by atoms with Gasteiger partial charge in [0.25, 0.3) is 0 Å². The topological polar surface area (TPSA) is 30.5 Å². The Morgan fingerprint density at radius 2 is 1.76 bits per heavy atom. The van der Waals surface area contributed by atoms with Gasteiger partial charge in [0.1, 0.15) is 6.61 Å². The predicted molar refractivity (Wildman–Crippen MR) is 85.9 cm³/mol. The molecule has 21 heavy (non-hydrogen) atoms. The number of aryl methyl sites for hydroxylation is 1. The minimum absolute atomic E-state index is 0.548. The minimum atomic E-state index is 0.548. The molecule has 0 amide bonds. The number of rotatable bonds is 7. The van der Waals surface area contributed by atoms with Gasteiger partial charge in [-0.3, -0.25) is 0 Å². The number of hydrogen-bond donors (Lipinski definition) is 1. The maximum atomic E-state index is 6.06. The zero-order chi connectivity index (χ0) is 15.1. The molecule has 0 aromatic heterocycles. The predicted octanol–water partition coefficient (Wildman–Crippen LogP) is 3.69. The van der Waals surface area contributed by atoms with Crippen molar-refractivity contribution in [2.45, 2.75) is 27.0 Å². The summed E-state index contributed by atoms with van der Waals surface area (Å²) in [7, 11) is 1.67. The van der Waals surface area contributed by atoms with E-state index in [9.17, 15) is 0 Å². The van der Waals surface area contributed by atoms with E-state index in [-0.39, 0.29) is 0 Å². The molecule has 0 aliphatic carbocycles. The normalized spacial score (nSPS) is 10.4. The average molecular weight is 285 g/mol. The lowest BCUT2D eigenvalue weighted by Gasteiger charge is -2.16. The van der Waals surface area contributed by atoms with E-state index in [1.54, 1.807) is 7.11 Å². The Balaban J connectivity index is 2.19. The number of para-hydroxylation sites is 1. The van der Waals surface area contributed by atoms with Crippen molar-refractivity contribution in [3.63, 3.8) is 0 Å². The fraction of sp³-hybridized carbons (Fsp3) is 0.333. The third-order valence-electron chi connectivity index (χ3n) is 3.48. The van der Waals surface area contributed by atoms with Crippen molar-refractivity contribution < 1.29 is 9.47 Å². The van der Waals surface area contributed by atoms with Crippen LogP contribution in [0.25, 0.3) is 0 Å². The maximum Gasteiger partial charge on any atom is 0.166 e. The summed E-state index contributed by atoms with van der Waals surface area (Å²) in [5.41, 5.74) is 3.54. The second-order valence-corrected chi connectivity index (χ2v) is 4.94. The molecule has 0 spiro atoms. The number of hydrogen-bond acceptors (Lipinski definition) is 3. The van der Waals surface area contributed by atoms with Crippen LogP contribution in [-0.2, 0) is 13.2 Å². The smallest absolute Gasteiger partial charge is 0.166 e. The summed E-state index contributed by atoms with van der Waals surface area (Å²) >= 11 is 0. The fourth-order valence-electron chi connectivity index (χ4n) is 2.21. The van der Waals surface area contributed by atoms with Gasteiger partial charge in [-0.1, -0.05) is 43.3 Å². The van der Waals surface area contributed by atoms with E-state index in [2.05, 4.69) is 37.4 Å². The van der Waals surface area contributed by atoms with Gasteiger partial charge in [-0.05, 0) is 30.7 Å². The second-order valence-electron chi connectivity index (χ2n) is 4.94. The van der Waals surface area contributed by atoms with E-state index in [1.165, 1.54) is 11.1 Å². The summed E-state index contributed by atoms with van der Waals surface area (Å²) in [5, 5.41) is 3.33. The zero-order valence-corrected chi connectivity index (χ0v) is 13.0. The number of benzene rings is 2. The Kier molecular flexibility index (Phi) is 5.64. The molecule has 0 saturated carbocycles. The highest BCUT2D eigenvalue weighted by atomic mass is 16.5. The first kappa shape index (κ1) is 15.4. The lowest BCUT2D eigenvalue weighted by atomic mass is 10.1. The van der Waals surface area contributed by atoms with Gasteiger partial charge in [0.2, 0.25) is 0 Å². The van der Waals surface area contributed by atoms with Crippen molar-refractivity contribution in [3.8, 4) is 11.5 Å². The standard InChI is InChI=1S/C18H23NO2/c1-4-19-12-15-10-7-11-17(20-3)18(15)21-13-16-9-6-5-8-14(16)2/h5-11,19H,4,12-13H2,1-3H3. The maximum absolute atomic E-state index is 6.06. The molecule has 0 aliphatic heterocycles. The Hall–Kier alpha value is -2.00. The largest absolute Gasteiger partial charge is 0.493 e. The molecule has 3 heteroatoms. The van der Waals surface area contributed by atoms with Gasteiger partial charge in [-0.2, -0.15) is 0 Å². The molecule has 0 unspecified atom stereocenters. The van der Waals surface area contributed by atoms with Gasteiger partial charge in [0.15, 0.2) is 11.5 Å². The quantitative estimate of drug-likeness (QED) is 0.841. The van der Waals surface area contributed by atoms with Gasteiger partial charge in [0.05, 0.1) is 7.11 Å². The summed E-state index contributed by atoms with van der Waals surface area (Å²) in [6.45, 7) is 6.44. The first-order valence-corrected chi connectivity index (χ1v) is 7.30. The molecule has 0 saturated heterocycles. The summed E-state index contributed by atoms with van der Waals surface area (Å²) in [6.07, 6.45) is 0. The monoisotopic (exact) mass is 285 g/mol. The molecule has 0 radical (unpaired) electrons. The molecule has 2 aromatic rings. The second kappa shape index (κ2) is 7.70. The van der Waals surface area contributed by atoms with Crippen LogP contribution in [0.15, 0.2) is 42.5 Å². The number of ether oxygens (including phenoxy) is 2. The van der Waals surface area contributed by atoms with Crippen LogP contribution in [0, 0.1) is 6.92 Å². The SMILES string of the molecule is CCNCc1cccc(OC)c1OCc1ccccc1C. The van der Waals surface area contributed by atoms with Crippen molar-refractivity contribution in [2.24, 2.45) is 0 Å². The van der Waals surface area contributed by atoms with Crippen LogP contribution in [0.5, 0.6) is 11.5 Å². The van der Waals surface area contributed by atoms with E-state index in [0.717, 1.165) is 30.2 Å². The molecule has 3 nitrogen and oxygen atoms in total. The first-order chi connectivity index (χ1) is 10.3. The minimum Gasteiger partial charge on any atom is -0.493 e. The molecular weight excluding hydrogens is 262 g/mol. The molecule has 0 fully saturated rings. The highest BCUT2D eigenvalue weighted by molar-refractivity contribution is 5.46. The molecule has 0 bridgehead atoms. The Morgan fingerprint density at radius 3 is 2.48 bits per heavy atom. The van der Waals surface area contributed by atoms with Crippen molar-refractivity contribution in [3.05, 3.63) is 59.2 Å². The van der Waals surface area contributed by atoms with Crippen LogP contribution in [0.1, 0.15) is 23.6 Å². The van der Waals surface area contributed by atoms with E-state index in [0.29, 0.717) is 6.61 Å². The highest BCUT2D eigenvalue weighted by Gasteiger charge is 2.11. The molecule has 112 valence electrons. The van der Waals surface area contributed by atoms with Crippen LogP contribution < -0.4 is 14.8 Å². The summed E-state index contributed by atoms with van der Waals surface area (Å²) in [6, 6.07) is 14.3. The van der Waals surface area contributed by atoms with Crippen LogP contribution in [0.2, 0.25) is 0 Å². The van der Waals surface area contributed by atoms with Crippen LogP contribution >= 0.6 is 0 Å². The Labute approximate surface area is 126 Å². The third kappa shape index (κ3) is 3.99. The lowest BCUT2D eigenvalue weighted by molar-refractivity contribution is 0.280. The average Bonchev–Trinajstić information content (AvgIpc) is 2.52. The van der Waals surface area contributed by atoms with Gasteiger partial charge in [0, 0.05) is 12.1 Å². The zero-order valence-electron chi connectivity index (χ0n) is 13.0. The highest BCUT2D eigenvalue weighted by Crippen LogP contribution is 2.32. The molecule has 0 heterocycles. The van der Waals surface area contributed by atoms with E-state index in [4.69, 9.17) is 9.47 Å². The Morgan fingerprint density at radius 1 is 1.00 bits per heavy atom. The van der Waals surface area contributed by atoms with Gasteiger partial charge in [-0.15, -0.1) is 0 Å². The van der Waals surface area contributed by atoms with Gasteiger partial charge < -0.3 is 14.8 Å². The molecule has 0 aliphatic rings. The summed E-state index contributed by atoms with van der Waals surface area (Å²) in [5.74, 6) is 1.60. The first-order valence-electron chi connectivity index (χ1n) is 7.30. The van der Waals surface area contributed by atoms with E-state index >= 15 is 0 Å². The summed E-state index contributed by atoms with van der Waals surface area (Å²) < 4.78 is 11.5. The van der Waals surface area contributed by atoms with Crippen molar-refractivity contribution in [1.29, 1.82) is 0 Å². The van der Waals surface area contributed by atoms with E-state index < -0.39 is 0 Å². The van der Waals surface area contributed by atoms with Crippen LogP contribution in [0.4, 0.5) is 0 Å². The van der Waals surface area contributed by atoms with E-state index in [1.807, 2.05) is 24.3 Å². The molecule has 2 rings (SSSR count). The molecule has 2 aromatic carbocycles. The summed E-state index contributed by atoms with van der Waals surface area (Å²) in [4.78, 5) is 0. The fourth-order valence-corrected chi connectivity index (χ4v) is 2.21. The Bertz CT molecular complexity index is 581. The van der Waals surface area contributed by atoms with Crippen molar-refractivity contribution in [1.82, 2.24) is 5.32 Å². The van der Waals surface area contributed by atoms with Crippen molar-refractivity contribution >= 4 is 0 Å². The lowest BCUT2D eigenvalue weighted by Crippen LogP contribution is -2.13. The molecule has 0 atom stereocenters. The third-order valence-corrected chi connectivity index (χ3v) is 3.48. The number of nitrogens with one attached hydrogen (secondary N) is 1. The molecular formula is C18H23NO2. The molecule has 1 N–H and O–H groups in total.